The average Bonchev–Trinajstić information content (AvgIpc) is 2.35. The summed E-state index contributed by atoms with van der Waals surface area (Å²) in [5, 5.41) is 0.394. The van der Waals surface area contributed by atoms with Gasteiger partial charge in [0, 0.05) is 10.0 Å². The predicted octanol–water partition coefficient (Wildman–Crippen LogP) is 5.43. The zero-order valence-electron chi connectivity index (χ0n) is 10.2. The molecule has 2 aromatic rings. The quantitative estimate of drug-likeness (QED) is 0.446. The summed E-state index contributed by atoms with van der Waals surface area (Å²) in [6, 6.07) is 4.41. The van der Waals surface area contributed by atoms with E-state index in [9.17, 15) is 4.39 Å². The smallest absolute Gasteiger partial charge is 0.162 e. The number of hydrogen-bond acceptors (Lipinski definition) is 2. The molecule has 1 aromatic heterocycles. The number of rotatable bonds is 2. The van der Waals surface area contributed by atoms with Gasteiger partial charge >= 0.3 is 0 Å². The molecule has 0 atom stereocenters. The molecule has 0 unspecified atom stereocenters. The number of hydrogen-bond donors (Lipinski definition) is 0. The summed E-state index contributed by atoms with van der Waals surface area (Å²) in [5.41, 5.74) is 1.46. The molecule has 0 radical (unpaired) electrons. The first-order valence-corrected chi connectivity index (χ1v) is 7.83. The Morgan fingerprint density at radius 1 is 1.32 bits per heavy atom. The Bertz CT molecular complexity index is 634. The largest absolute Gasteiger partial charge is 0.232 e. The fraction of sp³-hybridized carbons (Fsp3) is 0.231. The van der Waals surface area contributed by atoms with Gasteiger partial charge < -0.3 is 0 Å². The first-order valence-electron chi connectivity index (χ1n) is 5.58. The summed E-state index contributed by atoms with van der Waals surface area (Å²) in [5.74, 6) is 0.321. The molecule has 0 bridgehead atoms. The predicted molar refractivity (Wildman–Crippen MR) is 86.9 cm³/mol. The van der Waals surface area contributed by atoms with Gasteiger partial charge in [-0.05, 0) is 46.7 Å². The lowest BCUT2D eigenvalue weighted by Crippen LogP contribution is -2.03. The fourth-order valence-electron chi connectivity index (χ4n) is 1.61. The topological polar surface area (TPSA) is 25.8 Å². The summed E-state index contributed by atoms with van der Waals surface area (Å²) in [7, 11) is 0. The molecule has 0 saturated heterocycles. The van der Waals surface area contributed by atoms with Gasteiger partial charge in [0.1, 0.15) is 11.0 Å². The minimum atomic E-state index is -0.331. The van der Waals surface area contributed by atoms with E-state index >= 15 is 0 Å². The Labute approximate surface area is 138 Å². The van der Waals surface area contributed by atoms with Crippen molar-refractivity contribution >= 4 is 50.1 Å². The Hall–Kier alpha value is -0.270. The van der Waals surface area contributed by atoms with E-state index in [0.717, 1.165) is 13.7 Å². The van der Waals surface area contributed by atoms with Gasteiger partial charge in [-0.2, -0.15) is 0 Å². The summed E-state index contributed by atoms with van der Waals surface area (Å²) >= 11 is 11.6. The molecule has 1 heterocycles. The lowest BCUT2D eigenvalue weighted by atomic mass is 10.1. The standard InChI is InChI=1S/C13H10BrClFIN2/c1-6(2)11-10(17)12(15)19-13(18-11)8-5-7(16)3-4-9(8)14/h3-6H,1-2H3. The molecule has 0 amide bonds. The molecular weight excluding hydrogens is 445 g/mol. The lowest BCUT2D eigenvalue weighted by Gasteiger charge is -2.11. The molecule has 19 heavy (non-hydrogen) atoms. The minimum Gasteiger partial charge on any atom is -0.232 e. The third kappa shape index (κ3) is 3.25. The molecule has 100 valence electrons. The summed E-state index contributed by atoms with van der Waals surface area (Å²) < 4.78 is 14.9. The molecule has 2 nitrogen and oxygen atoms in total. The van der Waals surface area contributed by atoms with Crippen LogP contribution in [0, 0.1) is 9.39 Å². The van der Waals surface area contributed by atoms with Crippen molar-refractivity contribution in [1.82, 2.24) is 9.97 Å². The van der Waals surface area contributed by atoms with E-state index in [4.69, 9.17) is 11.6 Å². The summed E-state index contributed by atoms with van der Waals surface area (Å²) in [6.07, 6.45) is 0. The SMILES string of the molecule is CC(C)c1nc(-c2cc(F)ccc2Br)nc(Cl)c1I. The van der Waals surface area contributed by atoms with Crippen molar-refractivity contribution in [1.29, 1.82) is 0 Å². The van der Waals surface area contributed by atoms with E-state index in [1.165, 1.54) is 12.1 Å². The maximum atomic E-state index is 13.4. The third-order valence-electron chi connectivity index (χ3n) is 2.55. The van der Waals surface area contributed by atoms with Crippen LogP contribution in [0.15, 0.2) is 22.7 Å². The summed E-state index contributed by atoms with van der Waals surface area (Å²) in [4.78, 5) is 8.74. The molecule has 0 aliphatic rings. The van der Waals surface area contributed by atoms with Gasteiger partial charge in [0.05, 0.1) is 9.26 Å². The van der Waals surface area contributed by atoms with Gasteiger partial charge in [0.15, 0.2) is 5.82 Å². The second-order valence-corrected chi connectivity index (χ2v) is 6.61. The van der Waals surface area contributed by atoms with Crippen LogP contribution in [0.5, 0.6) is 0 Å². The minimum absolute atomic E-state index is 0.221. The van der Waals surface area contributed by atoms with Crippen LogP contribution in [0.4, 0.5) is 4.39 Å². The van der Waals surface area contributed by atoms with Crippen LogP contribution in [-0.4, -0.2) is 9.97 Å². The van der Waals surface area contributed by atoms with Crippen LogP contribution in [0.2, 0.25) is 5.15 Å². The first kappa shape index (κ1) is 15.1. The molecule has 0 fully saturated rings. The van der Waals surface area contributed by atoms with E-state index < -0.39 is 0 Å². The van der Waals surface area contributed by atoms with Crippen molar-refractivity contribution in [2.75, 3.05) is 0 Å². The van der Waals surface area contributed by atoms with Crippen molar-refractivity contribution in [3.8, 4) is 11.4 Å². The second kappa shape index (κ2) is 6.01. The highest BCUT2D eigenvalue weighted by atomic mass is 127. The molecular formula is C13H10BrClFIN2. The van der Waals surface area contributed by atoms with E-state index in [1.54, 1.807) is 6.07 Å². The van der Waals surface area contributed by atoms with Crippen molar-refractivity contribution in [3.63, 3.8) is 0 Å². The second-order valence-electron chi connectivity index (χ2n) is 4.32. The Morgan fingerprint density at radius 2 is 2.00 bits per heavy atom. The normalized spacial score (nSPS) is 11.1. The zero-order chi connectivity index (χ0) is 14.2. The first-order chi connectivity index (χ1) is 8.90. The average molecular weight is 455 g/mol. The molecule has 0 saturated carbocycles. The van der Waals surface area contributed by atoms with Gasteiger partial charge in [-0.25, -0.2) is 14.4 Å². The van der Waals surface area contributed by atoms with Crippen molar-refractivity contribution in [3.05, 3.63) is 42.9 Å². The monoisotopic (exact) mass is 454 g/mol. The highest BCUT2D eigenvalue weighted by molar-refractivity contribution is 14.1. The van der Waals surface area contributed by atoms with Crippen LogP contribution in [-0.2, 0) is 0 Å². The van der Waals surface area contributed by atoms with Crippen molar-refractivity contribution < 1.29 is 4.39 Å². The third-order valence-corrected chi connectivity index (χ3v) is 4.90. The maximum Gasteiger partial charge on any atom is 0.162 e. The summed E-state index contributed by atoms with van der Waals surface area (Å²) in [6.45, 7) is 4.07. The highest BCUT2D eigenvalue weighted by Crippen LogP contribution is 2.31. The Morgan fingerprint density at radius 3 is 2.63 bits per heavy atom. The van der Waals surface area contributed by atoms with Crippen LogP contribution in [0.25, 0.3) is 11.4 Å². The lowest BCUT2D eigenvalue weighted by molar-refractivity contribution is 0.628. The molecule has 6 heteroatoms. The van der Waals surface area contributed by atoms with Gasteiger partial charge in [0.2, 0.25) is 0 Å². The van der Waals surface area contributed by atoms with Crippen LogP contribution < -0.4 is 0 Å². The van der Waals surface area contributed by atoms with E-state index in [2.05, 4.69) is 48.5 Å². The molecule has 0 spiro atoms. The van der Waals surface area contributed by atoms with E-state index in [1.807, 2.05) is 13.8 Å². The van der Waals surface area contributed by atoms with Gasteiger partial charge in [-0.3, -0.25) is 0 Å². The number of benzene rings is 1. The van der Waals surface area contributed by atoms with Gasteiger partial charge in [-0.15, -0.1) is 0 Å². The Kier molecular flexibility index (Phi) is 4.79. The van der Waals surface area contributed by atoms with Crippen LogP contribution >= 0.6 is 50.1 Å². The zero-order valence-corrected chi connectivity index (χ0v) is 14.7. The van der Waals surface area contributed by atoms with Gasteiger partial charge in [0.25, 0.3) is 0 Å². The van der Waals surface area contributed by atoms with Crippen LogP contribution in [0.3, 0.4) is 0 Å². The van der Waals surface area contributed by atoms with Crippen molar-refractivity contribution in [2.24, 2.45) is 0 Å². The van der Waals surface area contributed by atoms with Gasteiger partial charge in [-0.1, -0.05) is 41.4 Å². The molecule has 2 rings (SSSR count). The van der Waals surface area contributed by atoms with Crippen LogP contribution in [0.1, 0.15) is 25.5 Å². The van der Waals surface area contributed by atoms with Crippen molar-refractivity contribution in [2.45, 2.75) is 19.8 Å². The Balaban J connectivity index is 2.66. The van der Waals surface area contributed by atoms with E-state index in [-0.39, 0.29) is 11.7 Å². The van der Waals surface area contributed by atoms with E-state index in [0.29, 0.717) is 16.5 Å². The molecule has 0 aliphatic heterocycles. The number of nitrogens with zero attached hydrogens (tertiary/aromatic N) is 2. The maximum absolute atomic E-state index is 13.4. The number of halogens is 4. The fourth-order valence-corrected chi connectivity index (χ4v) is 3.07. The number of aromatic nitrogens is 2. The highest BCUT2D eigenvalue weighted by Gasteiger charge is 2.16. The molecule has 0 aliphatic carbocycles. The molecule has 1 aromatic carbocycles. The molecule has 0 N–H and O–H groups in total.